The number of benzene rings is 3. The fourth-order valence-corrected chi connectivity index (χ4v) is 3.19. The van der Waals surface area contributed by atoms with E-state index in [1.165, 1.54) is 0 Å². The highest BCUT2D eigenvalue weighted by molar-refractivity contribution is 5.83. The Balaban J connectivity index is 2.07. The van der Waals surface area contributed by atoms with Gasteiger partial charge < -0.3 is 19.5 Å². The minimum absolute atomic E-state index is 0.235. The molecule has 3 aromatic carbocycles. The molecule has 0 bridgehead atoms. The molecule has 0 amide bonds. The van der Waals surface area contributed by atoms with Crippen LogP contribution in [0.2, 0.25) is 0 Å². The maximum absolute atomic E-state index is 9.81. The summed E-state index contributed by atoms with van der Waals surface area (Å²) in [5, 5.41) is 9.81. The highest BCUT2D eigenvalue weighted by Crippen LogP contribution is 2.44. The van der Waals surface area contributed by atoms with Crippen LogP contribution in [0.1, 0.15) is 39.5 Å². The van der Waals surface area contributed by atoms with Crippen molar-refractivity contribution in [3.63, 3.8) is 0 Å². The van der Waals surface area contributed by atoms with E-state index < -0.39 is 0 Å². The van der Waals surface area contributed by atoms with Crippen molar-refractivity contribution in [1.82, 2.24) is 0 Å². The number of hydrogen-bond acceptors (Lipinski definition) is 4. The monoisotopic (exact) mass is 405 g/mol. The average molecular weight is 406 g/mol. The van der Waals surface area contributed by atoms with Gasteiger partial charge in [-0.2, -0.15) is 0 Å². The maximum Gasteiger partial charge on any atom is 0.143 e. The zero-order valence-electron chi connectivity index (χ0n) is 17.9. The van der Waals surface area contributed by atoms with E-state index in [4.69, 9.17) is 9.47 Å². The van der Waals surface area contributed by atoms with Gasteiger partial charge in [-0.3, -0.25) is 0 Å². The van der Waals surface area contributed by atoms with Crippen LogP contribution in [-0.2, 0) is 0 Å². The zero-order valence-corrected chi connectivity index (χ0v) is 17.9. The first-order valence-corrected chi connectivity index (χ1v) is 10.8. The molecule has 0 heterocycles. The normalized spacial score (nSPS) is 10.6. The lowest BCUT2D eigenvalue weighted by atomic mass is 10.1. The molecule has 0 aliphatic rings. The van der Waals surface area contributed by atoms with Gasteiger partial charge in [0, 0.05) is 5.69 Å². The Morgan fingerprint density at radius 1 is 0.667 bits per heavy atom. The summed E-state index contributed by atoms with van der Waals surface area (Å²) in [7, 11) is 0. The smallest absolute Gasteiger partial charge is 0.143 e. The Morgan fingerprint density at radius 3 is 1.60 bits per heavy atom. The lowest BCUT2D eigenvalue weighted by Gasteiger charge is -2.29. The Bertz CT molecular complexity index is 855. The number of hydrogen-bond donors (Lipinski definition) is 1. The average Bonchev–Trinajstić information content (AvgIpc) is 2.77. The minimum atomic E-state index is 0.235. The second-order valence-electron chi connectivity index (χ2n) is 7.19. The highest BCUT2D eigenvalue weighted by atomic mass is 16.5. The van der Waals surface area contributed by atoms with Crippen LogP contribution < -0.4 is 14.4 Å². The van der Waals surface area contributed by atoms with E-state index in [1.807, 2.05) is 48.5 Å². The van der Waals surface area contributed by atoms with Crippen molar-refractivity contribution in [3.8, 4) is 17.2 Å². The molecular formula is C26H31NO3. The largest absolute Gasteiger partial charge is 0.508 e. The van der Waals surface area contributed by atoms with Crippen LogP contribution in [0.25, 0.3) is 0 Å². The van der Waals surface area contributed by atoms with E-state index in [0.29, 0.717) is 13.2 Å². The number of unbranched alkanes of at least 4 members (excludes halogenated alkanes) is 2. The van der Waals surface area contributed by atoms with E-state index in [2.05, 4.69) is 30.9 Å². The van der Waals surface area contributed by atoms with Gasteiger partial charge in [-0.1, -0.05) is 51.0 Å². The molecule has 0 aromatic heterocycles. The number of phenolic OH excluding ortho intramolecular Hbond substituents is 1. The summed E-state index contributed by atoms with van der Waals surface area (Å²) in [4.78, 5) is 2.13. The Kier molecular flexibility index (Phi) is 8.02. The summed E-state index contributed by atoms with van der Waals surface area (Å²) in [6, 6.07) is 23.3. The maximum atomic E-state index is 9.81. The summed E-state index contributed by atoms with van der Waals surface area (Å²) in [6.07, 6.45) is 4.17. The van der Waals surface area contributed by atoms with Crippen molar-refractivity contribution in [3.05, 3.63) is 72.8 Å². The molecule has 0 saturated heterocycles. The number of ether oxygens (including phenoxy) is 2. The number of rotatable bonds is 11. The molecule has 0 radical (unpaired) electrons. The number of aromatic hydroxyl groups is 1. The molecule has 30 heavy (non-hydrogen) atoms. The molecule has 4 heteroatoms. The van der Waals surface area contributed by atoms with Crippen molar-refractivity contribution < 1.29 is 14.6 Å². The van der Waals surface area contributed by atoms with Crippen molar-refractivity contribution in [2.75, 3.05) is 18.1 Å². The van der Waals surface area contributed by atoms with Crippen LogP contribution >= 0.6 is 0 Å². The van der Waals surface area contributed by atoms with Gasteiger partial charge in [0.15, 0.2) is 0 Å². The molecule has 0 fully saturated rings. The molecule has 3 aromatic rings. The van der Waals surface area contributed by atoms with Gasteiger partial charge in [0.05, 0.1) is 24.6 Å². The van der Waals surface area contributed by atoms with E-state index in [-0.39, 0.29) is 5.75 Å². The SMILES string of the molecule is CCCCOc1ccccc1N(c1ccc(O)cc1)c1ccccc1OCCCC. The fourth-order valence-electron chi connectivity index (χ4n) is 3.19. The molecular weight excluding hydrogens is 374 g/mol. The topological polar surface area (TPSA) is 41.9 Å². The van der Waals surface area contributed by atoms with Crippen LogP contribution in [0.4, 0.5) is 17.1 Å². The second-order valence-corrected chi connectivity index (χ2v) is 7.19. The van der Waals surface area contributed by atoms with Gasteiger partial charge in [0.25, 0.3) is 0 Å². The lowest BCUT2D eigenvalue weighted by molar-refractivity contribution is 0.308. The molecule has 0 saturated carbocycles. The fraction of sp³-hybridized carbons (Fsp3) is 0.308. The number of anilines is 3. The molecule has 0 unspecified atom stereocenters. The third-order valence-corrected chi connectivity index (χ3v) is 4.83. The summed E-state index contributed by atoms with van der Waals surface area (Å²) >= 11 is 0. The minimum Gasteiger partial charge on any atom is -0.508 e. The molecule has 1 N–H and O–H groups in total. The van der Waals surface area contributed by atoms with Crippen molar-refractivity contribution in [2.45, 2.75) is 39.5 Å². The molecule has 0 atom stereocenters. The van der Waals surface area contributed by atoms with E-state index in [9.17, 15) is 5.11 Å². The standard InChI is InChI=1S/C26H31NO3/c1-3-5-19-29-25-13-9-7-11-23(25)27(21-15-17-22(28)18-16-21)24-12-8-10-14-26(24)30-20-6-4-2/h7-18,28H,3-6,19-20H2,1-2H3. The van der Waals surface area contributed by atoms with Crippen LogP contribution in [0, 0.1) is 0 Å². The van der Waals surface area contributed by atoms with Gasteiger partial charge in [-0.25, -0.2) is 0 Å². The first-order valence-electron chi connectivity index (χ1n) is 10.8. The third kappa shape index (κ3) is 5.47. The molecule has 4 nitrogen and oxygen atoms in total. The predicted molar refractivity (Wildman–Crippen MR) is 124 cm³/mol. The highest BCUT2D eigenvalue weighted by Gasteiger charge is 2.20. The van der Waals surface area contributed by atoms with E-state index in [0.717, 1.165) is 54.2 Å². The quantitative estimate of drug-likeness (QED) is 0.342. The molecule has 3 rings (SSSR count). The molecule has 0 aliphatic heterocycles. The van der Waals surface area contributed by atoms with Crippen LogP contribution in [-0.4, -0.2) is 18.3 Å². The van der Waals surface area contributed by atoms with Gasteiger partial charge in [-0.05, 0) is 61.4 Å². The van der Waals surface area contributed by atoms with Crippen LogP contribution in [0.5, 0.6) is 17.2 Å². The lowest BCUT2D eigenvalue weighted by Crippen LogP contribution is -2.13. The Labute approximate surface area is 179 Å². The molecule has 0 spiro atoms. The summed E-state index contributed by atoms with van der Waals surface area (Å²) in [5.41, 5.74) is 2.79. The predicted octanol–water partition coefficient (Wildman–Crippen LogP) is 7.22. The molecule has 0 aliphatic carbocycles. The Morgan fingerprint density at radius 2 is 1.13 bits per heavy atom. The van der Waals surface area contributed by atoms with Crippen molar-refractivity contribution >= 4 is 17.1 Å². The van der Waals surface area contributed by atoms with E-state index in [1.54, 1.807) is 12.1 Å². The molecule has 158 valence electrons. The number of para-hydroxylation sites is 4. The first-order chi connectivity index (χ1) is 14.7. The zero-order chi connectivity index (χ0) is 21.2. The van der Waals surface area contributed by atoms with Crippen LogP contribution in [0.15, 0.2) is 72.8 Å². The van der Waals surface area contributed by atoms with Crippen molar-refractivity contribution in [2.24, 2.45) is 0 Å². The third-order valence-electron chi connectivity index (χ3n) is 4.83. The Hall–Kier alpha value is -3.14. The van der Waals surface area contributed by atoms with Gasteiger partial charge in [0.2, 0.25) is 0 Å². The summed E-state index contributed by atoms with van der Waals surface area (Å²) in [6.45, 7) is 5.65. The summed E-state index contributed by atoms with van der Waals surface area (Å²) in [5.74, 6) is 1.88. The number of phenols is 1. The van der Waals surface area contributed by atoms with Crippen molar-refractivity contribution in [1.29, 1.82) is 0 Å². The number of nitrogens with zero attached hydrogens (tertiary/aromatic N) is 1. The van der Waals surface area contributed by atoms with E-state index >= 15 is 0 Å². The summed E-state index contributed by atoms with van der Waals surface area (Å²) < 4.78 is 12.3. The van der Waals surface area contributed by atoms with Crippen LogP contribution in [0.3, 0.4) is 0 Å². The van der Waals surface area contributed by atoms with Gasteiger partial charge >= 0.3 is 0 Å². The van der Waals surface area contributed by atoms with Gasteiger partial charge in [-0.15, -0.1) is 0 Å². The van der Waals surface area contributed by atoms with Gasteiger partial charge in [0.1, 0.15) is 17.2 Å². The second kappa shape index (κ2) is 11.1. The first kappa shape index (κ1) is 21.6.